The van der Waals surface area contributed by atoms with Gasteiger partial charge in [0.2, 0.25) is 0 Å². The smallest absolute Gasteiger partial charge is 0.462 e. The van der Waals surface area contributed by atoms with Crippen LogP contribution >= 0.6 is 7.82 Å². The van der Waals surface area contributed by atoms with Gasteiger partial charge < -0.3 is 19.3 Å². The summed E-state index contributed by atoms with van der Waals surface area (Å²) in [5.41, 5.74) is 0. The molecule has 1 atom stereocenters. The molecule has 0 aliphatic rings. The van der Waals surface area contributed by atoms with E-state index in [1.165, 1.54) is 51.0 Å². The van der Waals surface area contributed by atoms with Crippen LogP contribution < -0.4 is 0 Å². The monoisotopic (exact) mass is 668 g/mol. The lowest BCUT2D eigenvalue weighted by Crippen LogP contribution is -2.29. The molecule has 0 aliphatic carbocycles. The zero-order valence-electron chi connectivity index (χ0n) is 28.6. The van der Waals surface area contributed by atoms with Crippen LogP contribution in [0.2, 0.25) is 0 Å². The highest BCUT2D eigenvalue weighted by Crippen LogP contribution is 2.35. The summed E-state index contributed by atoms with van der Waals surface area (Å²) in [6.07, 6.45) is 30.1. The fourth-order valence-corrected chi connectivity index (χ4v) is 4.75. The van der Waals surface area contributed by atoms with Crippen LogP contribution in [-0.2, 0) is 32.9 Å². The minimum Gasteiger partial charge on any atom is -0.462 e. The van der Waals surface area contributed by atoms with Gasteiger partial charge in [0.15, 0.2) is 11.9 Å². The minimum atomic E-state index is -4.81. The number of carbonyl (C=O) groups excluding carboxylic acids is 3. The lowest BCUT2D eigenvalue weighted by molar-refractivity contribution is -0.161. The molecule has 9 nitrogen and oxygen atoms in total. The highest BCUT2D eigenvalue weighted by atomic mass is 31.2. The summed E-state index contributed by atoms with van der Waals surface area (Å²) in [4.78, 5) is 54.6. The number of rotatable bonds is 30. The Morgan fingerprint density at radius 3 is 2.00 bits per heavy atom. The van der Waals surface area contributed by atoms with E-state index in [-0.39, 0.29) is 38.1 Å². The molecule has 0 aliphatic heterocycles. The molecule has 0 rings (SSSR count). The van der Waals surface area contributed by atoms with Crippen molar-refractivity contribution in [1.29, 1.82) is 0 Å². The molecule has 10 heteroatoms. The third-order valence-corrected chi connectivity index (χ3v) is 7.49. The Labute approximate surface area is 278 Å². The lowest BCUT2D eigenvalue weighted by atomic mass is 10.0. The van der Waals surface area contributed by atoms with Crippen LogP contribution in [0.25, 0.3) is 0 Å². The topological polar surface area (TPSA) is 136 Å². The average molecular weight is 669 g/mol. The number of phosphoric acid groups is 1. The molecule has 0 aromatic heterocycles. The van der Waals surface area contributed by atoms with E-state index in [2.05, 4.69) is 49.6 Å². The van der Waals surface area contributed by atoms with E-state index < -0.39 is 32.5 Å². The van der Waals surface area contributed by atoms with Gasteiger partial charge in [0.25, 0.3) is 0 Å². The van der Waals surface area contributed by atoms with E-state index in [9.17, 15) is 18.9 Å². The van der Waals surface area contributed by atoms with Gasteiger partial charge in [0.05, 0.1) is 6.61 Å². The van der Waals surface area contributed by atoms with Crippen LogP contribution in [-0.4, -0.2) is 46.8 Å². The molecule has 0 radical (unpaired) electrons. The summed E-state index contributed by atoms with van der Waals surface area (Å²) >= 11 is 0. The summed E-state index contributed by atoms with van der Waals surface area (Å²) in [6, 6.07) is 0. The Morgan fingerprint density at radius 2 is 1.33 bits per heavy atom. The van der Waals surface area contributed by atoms with Crippen molar-refractivity contribution in [3.05, 3.63) is 48.6 Å². The molecule has 2 N–H and O–H groups in total. The van der Waals surface area contributed by atoms with Crippen molar-refractivity contribution in [2.75, 3.05) is 13.2 Å². The van der Waals surface area contributed by atoms with Crippen molar-refractivity contribution in [2.24, 2.45) is 5.92 Å². The predicted molar refractivity (Wildman–Crippen MR) is 184 cm³/mol. The van der Waals surface area contributed by atoms with Crippen LogP contribution in [0.15, 0.2) is 48.6 Å². The van der Waals surface area contributed by atoms with Crippen molar-refractivity contribution in [3.63, 3.8) is 0 Å². The molecule has 0 unspecified atom stereocenters. The molecule has 0 aromatic carbocycles. The quantitative estimate of drug-likeness (QED) is 0.0192. The van der Waals surface area contributed by atoms with Crippen LogP contribution in [0.5, 0.6) is 0 Å². The largest absolute Gasteiger partial charge is 0.469 e. The summed E-state index contributed by atoms with van der Waals surface area (Å²) in [5.74, 6) is -0.544. The van der Waals surface area contributed by atoms with E-state index in [0.717, 1.165) is 44.4 Å². The first-order valence-corrected chi connectivity index (χ1v) is 18.8. The van der Waals surface area contributed by atoms with Crippen molar-refractivity contribution < 1.29 is 42.7 Å². The lowest BCUT2D eigenvalue weighted by Gasteiger charge is -2.18. The molecule has 0 saturated heterocycles. The highest BCUT2D eigenvalue weighted by molar-refractivity contribution is 7.46. The highest BCUT2D eigenvalue weighted by Gasteiger charge is 2.23. The molecule has 264 valence electrons. The number of phosphoric ester groups is 1. The van der Waals surface area contributed by atoms with Crippen LogP contribution in [0, 0.1) is 5.92 Å². The summed E-state index contributed by atoms with van der Waals surface area (Å²) < 4.78 is 26.0. The Morgan fingerprint density at radius 1 is 0.696 bits per heavy atom. The number of hydrogen-bond acceptors (Lipinski definition) is 7. The van der Waals surface area contributed by atoms with Gasteiger partial charge in [-0.3, -0.25) is 18.9 Å². The van der Waals surface area contributed by atoms with Gasteiger partial charge in [-0.25, -0.2) is 4.57 Å². The van der Waals surface area contributed by atoms with Crippen molar-refractivity contribution >= 4 is 25.5 Å². The Bertz CT molecular complexity index is 963. The molecule has 0 spiro atoms. The molecule has 0 aromatic rings. The van der Waals surface area contributed by atoms with E-state index in [4.69, 9.17) is 19.3 Å². The molecule has 0 bridgehead atoms. The fraction of sp³-hybridized carbons (Fsp3) is 0.694. The van der Waals surface area contributed by atoms with Crippen molar-refractivity contribution in [3.8, 4) is 0 Å². The van der Waals surface area contributed by atoms with Crippen LogP contribution in [0.4, 0.5) is 0 Å². The number of hydrogen-bond donors (Lipinski definition) is 2. The second kappa shape index (κ2) is 30.0. The SMILES string of the molecule is CCCCC/C=C\C/C=C\C/C=C\C=C\C(=O)CCCC(=O)O[C@H](COC(=O)CCCCCCCCCC(C)C)COP(=O)(O)O. The molecule has 46 heavy (non-hydrogen) atoms. The molecular weight excluding hydrogens is 607 g/mol. The van der Waals surface area contributed by atoms with Gasteiger partial charge >= 0.3 is 19.8 Å². The Balaban J connectivity index is 4.26. The normalized spacial score (nSPS) is 13.1. The first-order chi connectivity index (χ1) is 22.0. The van der Waals surface area contributed by atoms with Gasteiger partial charge in [-0.1, -0.05) is 121 Å². The fourth-order valence-electron chi connectivity index (χ4n) is 4.39. The number of unbranched alkanes of at least 4 members (excludes halogenated alkanes) is 9. The number of carbonyl (C=O) groups is 3. The predicted octanol–water partition coefficient (Wildman–Crippen LogP) is 9.04. The van der Waals surface area contributed by atoms with Gasteiger partial charge in [0.1, 0.15) is 6.61 Å². The number of ketones is 1. The van der Waals surface area contributed by atoms with Gasteiger partial charge in [-0.2, -0.15) is 0 Å². The molecular formula is C36H61O9P. The van der Waals surface area contributed by atoms with Crippen LogP contribution in [0.1, 0.15) is 136 Å². The number of allylic oxidation sites excluding steroid dienone is 8. The van der Waals surface area contributed by atoms with E-state index in [0.29, 0.717) is 6.42 Å². The van der Waals surface area contributed by atoms with E-state index >= 15 is 0 Å². The van der Waals surface area contributed by atoms with Gasteiger partial charge in [0, 0.05) is 19.3 Å². The standard InChI is InChI=1S/C36H61O9P/c1-4-5-6-7-8-9-10-11-12-13-16-19-22-26-33(37)27-24-29-36(39)45-34(31-44-46(40,41)42)30-43-35(38)28-23-20-17-14-15-18-21-25-32(2)3/h8-9,11-12,16,19,22,26,32,34H,4-7,10,13-15,17-18,20-21,23-25,27-31H2,1-3H3,(H2,40,41,42)/b9-8-,12-11-,19-16-,26-22+/t34-/m1/s1. The molecule has 0 amide bonds. The zero-order chi connectivity index (χ0) is 34.3. The summed E-state index contributed by atoms with van der Waals surface area (Å²) in [7, 11) is -4.81. The Hall–Kier alpha value is -2.32. The third-order valence-electron chi connectivity index (χ3n) is 7.00. The summed E-state index contributed by atoms with van der Waals surface area (Å²) in [5, 5.41) is 0. The minimum absolute atomic E-state index is 0.0783. The zero-order valence-corrected chi connectivity index (χ0v) is 29.5. The number of ether oxygens (including phenoxy) is 2. The van der Waals surface area contributed by atoms with Crippen molar-refractivity contribution in [1.82, 2.24) is 0 Å². The van der Waals surface area contributed by atoms with Crippen LogP contribution in [0.3, 0.4) is 0 Å². The van der Waals surface area contributed by atoms with E-state index in [1.54, 1.807) is 12.2 Å². The molecule has 0 heterocycles. The second-order valence-corrected chi connectivity index (χ2v) is 13.2. The summed E-state index contributed by atoms with van der Waals surface area (Å²) in [6.45, 7) is 5.66. The maximum atomic E-state index is 12.3. The first kappa shape index (κ1) is 43.7. The maximum Gasteiger partial charge on any atom is 0.469 e. The van der Waals surface area contributed by atoms with E-state index in [1.807, 2.05) is 6.08 Å². The molecule has 0 saturated carbocycles. The maximum absolute atomic E-state index is 12.3. The third kappa shape index (κ3) is 33.1. The van der Waals surface area contributed by atoms with Gasteiger partial charge in [-0.05, 0) is 50.5 Å². The number of esters is 2. The Kier molecular flexibility index (Phi) is 28.5. The average Bonchev–Trinajstić information content (AvgIpc) is 2.99. The van der Waals surface area contributed by atoms with Crippen molar-refractivity contribution in [2.45, 2.75) is 142 Å². The van der Waals surface area contributed by atoms with Gasteiger partial charge in [-0.15, -0.1) is 0 Å². The molecule has 0 fully saturated rings. The first-order valence-electron chi connectivity index (χ1n) is 17.2. The second-order valence-electron chi connectivity index (χ2n) is 12.0.